The van der Waals surface area contributed by atoms with Gasteiger partial charge in [0.05, 0.1) is 6.04 Å². The maximum absolute atomic E-state index is 6.53. The van der Waals surface area contributed by atoms with E-state index in [4.69, 9.17) is 11.6 Å². The summed E-state index contributed by atoms with van der Waals surface area (Å²) in [5.41, 5.74) is 1.43. The molecule has 3 heteroatoms. The quantitative estimate of drug-likeness (QED) is 0.823. The van der Waals surface area contributed by atoms with Crippen LogP contribution in [0.5, 0.6) is 0 Å². The first-order valence-corrected chi connectivity index (χ1v) is 8.65. The van der Waals surface area contributed by atoms with Gasteiger partial charge >= 0.3 is 0 Å². The van der Waals surface area contributed by atoms with E-state index < -0.39 is 0 Å². The highest BCUT2D eigenvalue weighted by Gasteiger charge is 2.42. The summed E-state index contributed by atoms with van der Waals surface area (Å²) in [5.74, 6) is 0. The number of halogens is 1. The minimum absolute atomic E-state index is 0.179. The molecule has 0 saturated heterocycles. The summed E-state index contributed by atoms with van der Waals surface area (Å²) in [4.78, 5) is 2.43. The van der Waals surface area contributed by atoms with Crippen LogP contribution in [0.1, 0.15) is 57.1 Å². The molecular formula is C18H29ClN2. The Kier molecular flexibility index (Phi) is 6.09. The van der Waals surface area contributed by atoms with Crippen LogP contribution in [0.4, 0.5) is 0 Å². The minimum atomic E-state index is 0.179. The normalized spacial score (nSPS) is 19.7. The number of hydrogen-bond acceptors (Lipinski definition) is 2. The summed E-state index contributed by atoms with van der Waals surface area (Å²) < 4.78 is 0. The van der Waals surface area contributed by atoms with Crippen LogP contribution in [0, 0.1) is 0 Å². The van der Waals surface area contributed by atoms with Gasteiger partial charge in [0, 0.05) is 10.6 Å². The lowest BCUT2D eigenvalue weighted by atomic mass is 9.73. The van der Waals surface area contributed by atoms with Crippen molar-refractivity contribution in [3.05, 3.63) is 34.9 Å². The smallest absolute Gasteiger partial charge is 0.0521 e. The third-order valence-electron chi connectivity index (χ3n) is 4.96. The fourth-order valence-corrected chi connectivity index (χ4v) is 3.99. The fraction of sp³-hybridized carbons (Fsp3) is 0.667. The summed E-state index contributed by atoms with van der Waals surface area (Å²) in [6, 6.07) is 8.64. The second-order valence-corrected chi connectivity index (χ2v) is 6.87. The number of rotatable bonds is 6. The number of likely N-dealkylation sites (N-methyl/N-ethyl adjacent to an activating group) is 1. The maximum Gasteiger partial charge on any atom is 0.0521 e. The Morgan fingerprint density at radius 2 is 1.86 bits per heavy atom. The van der Waals surface area contributed by atoms with E-state index >= 15 is 0 Å². The molecule has 1 aliphatic rings. The monoisotopic (exact) mass is 308 g/mol. The zero-order valence-corrected chi connectivity index (χ0v) is 14.4. The zero-order valence-electron chi connectivity index (χ0n) is 13.7. The Morgan fingerprint density at radius 3 is 2.43 bits per heavy atom. The first-order valence-electron chi connectivity index (χ1n) is 8.27. The van der Waals surface area contributed by atoms with Crippen molar-refractivity contribution in [1.82, 2.24) is 10.2 Å². The molecule has 0 aromatic heterocycles. The van der Waals surface area contributed by atoms with Crippen LogP contribution in [-0.2, 0) is 0 Å². The minimum Gasteiger partial charge on any atom is -0.308 e. The van der Waals surface area contributed by atoms with Gasteiger partial charge in [0.25, 0.3) is 0 Å². The molecule has 0 radical (unpaired) electrons. The lowest BCUT2D eigenvalue weighted by Crippen LogP contribution is -2.55. The summed E-state index contributed by atoms with van der Waals surface area (Å²) >= 11 is 6.53. The first-order chi connectivity index (χ1) is 10.1. The molecule has 0 heterocycles. The maximum atomic E-state index is 6.53. The summed E-state index contributed by atoms with van der Waals surface area (Å²) in [6.45, 7) is 3.26. The van der Waals surface area contributed by atoms with E-state index in [2.05, 4.69) is 43.4 Å². The van der Waals surface area contributed by atoms with Crippen LogP contribution in [0.2, 0.25) is 5.02 Å². The van der Waals surface area contributed by atoms with Gasteiger partial charge < -0.3 is 10.2 Å². The number of benzene rings is 1. The number of hydrogen-bond donors (Lipinski definition) is 1. The van der Waals surface area contributed by atoms with Crippen molar-refractivity contribution in [3.8, 4) is 0 Å². The molecule has 1 fully saturated rings. The van der Waals surface area contributed by atoms with E-state index in [-0.39, 0.29) is 5.54 Å². The molecule has 1 aliphatic carbocycles. The van der Waals surface area contributed by atoms with Gasteiger partial charge in [-0.1, -0.05) is 56.0 Å². The molecular weight excluding hydrogens is 280 g/mol. The highest BCUT2D eigenvalue weighted by atomic mass is 35.5. The third kappa shape index (κ3) is 3.61. The van der Waals surface area contributed by atoms with Crippen LogP contribution in [-0.4, -0.2) is 31.1 Å². The third-order valence-corrected chi connectivity index (χ3v) is 5.31. The van der Waals surface area contributed by atoms with E-state index in [0.717, 1.165) is 18.0 Å². The second kappa shape index (κ2) is 7.62. The van der Waals surface area contributed by atoms with Gasteiger partial charge in [-0.15, -0.1) is 0 Å². The van der Waals surface area contributed by atoms with Crippen molar-refractivity contribution in [1.29, 1.82) is 0 Å². The number of nitrogens with zero attached hydrogens (tertiary/aromatic N) is 1. The fourth-order valence-electron chi connectivity index (χ4n) is 3.75. The van der Waals surface area contributed by atoms with Gasteiger partial charge in [0.15, 0.2) is 0 Å². The van der Waals surface area contributed by atoms with Crippen molar-refractivity contribution in [3.63, 3.8) is 0 Å². The molecule has 118 valence electrons. The molecule has 0 aliphatic heterocycles. The molecule has 1 unspecified atom stereocenters. The molecule has 1 aromatic rings. The van der Waals surface area contributed by atoms with Gasteiger partial charge in [0.1, 0.15) is 0 Å². The van der Waals surface area contributed by atoms with E-state index in [1.54, 1.807) is 0 Å². The van der Waals surface area contributed by atoms with E-state index in [9.17, 15) is 0 Å². The Morgan fingerprint density at radius 1 is 1.19 bits per heavy atom. The lowest BCUT2D eigenvalue weighted by Gasteiger charge is -2.49. The average Bonchev–Trinajstić information content (AvgIpc) is 2.50. The molecule has 1 aromatic carbocycles. The van der Waals surface area contributed by atoms with Crippen LogP contribution >= 0.6 is 11.6 Å². The lowest BCUT2D eigenvalue weighted by molar-refractivity contribution is 0.0564. The van der Waals surface area contributed by atoms with Crippen molar-refractivity contribution >= 4 is 11.6 Å². The second-order valence-electron chi connectivity index (χ2n) is 6.47. The first kappa shape index (κ1) is 16.8. The Bertz CT molecular complexity index is 439. The number of nitrogens with one attached hydrogen (secondary N) is 1. The van der Waals surface area contributed by atoms with Crippen LogP contribution < -0.4 is 5.32 Å². The summed E-state index contributed by atoms with van der Waals surface area (Å²) in [7, 11) is 4.45. The van der Waals surface area contributed by atoms with Crippen LogP contribution in [0.15, 0.2) is 24.3 Å². The van der Waals surface area contributed by atoms with Crippen molar-refractivity contribution in [2.45, 2.75) is 57.0 Å². The zero-order chi connectivity index (χ0) is 15.3. The standard InChI is InChI=1S/C18H29ClN2/c1-4-14-20-17(15-10-6-7-11-16(15)19)18(21(2)3)12-8-5-9-13-18/h6-7,10-11,17,20H,4-5,8-9,12-14H2,1-3H3. The largest absolute Gasteiger partial charge is 0.308 e. The molecule has 0 bridgehead atoms. The average molecular weight is 309 g/mol. The van der Waals surface area contributed by atoms with Crippen LogP contribution in [0.25, 0.3) is 0 Å². The molecule has 0 spiro atoms. The predicted molar refractivity (Wildman–Crippen MR) is 92.0 cm³/mol. The molecule has 21 heavy (non-hydrogen) atoms. The van der Waals surface area contributed by atoms with Crippen LogP contribution in [0.3, 0.4) is 0 Å². The topological polar surface area (TPSA) is 15.3 Å². The molecule has 1 saturated carbocycles. The van der Waals surface area contributed by atoms with Gasteiger partial charge in [-0.05, 0) is 51.5 Å². The highest BCUT2D eigenvalue weighted by molar-refractivity contribution is 6.31. The van der Waals surface area contributed by atoms with Gasteiger partial charge in [-0.25, -0.2) is 0 Å². The predicted octanol–water partition coefficient (Wildman–Crippen LogP) is 4.65. The summed E-state index contributed by atoms with van der Waals surface area (Å²) in [5, 5.41) is 4.68. The van der Waals surface area contributed by atoms with Gasteiger partial charge in [-0.3, -0.25) is 0 Å². The van der Waals surface area contributed by atoms with Gasteiger partial charge in [-0.2, -0.15) is 0 Å². The Balaban J connectivity index is 2.39. The van der Waals surface area contributed by atoms with Gasteiger partial charge in [0.2, 0.25) is 0 Å². The molecule has 1 atom stereocenters. The summed E-state index contributed by atoms with van der Waals surface area (Å²) in [6.07, 6.45) is 7.61. The Labute approximate surface area is 134 Å². The molecule has 0 amide bonds. The Hall–Kier alpha value is -0.570. The SMILES string of the molecule is CCCNC(c1ccccc1Cl)C1(N(C)C)CCCCC1. The highest BCUT2D eigenvalue weighted by Crippen LogP contribution is 2.43. The molecule has 2 rings (SSSR count). The molecule has 1 N–H and O–H groups in total. The van der Waals surface area contributed by atoms with E-state index in [1.807, 2.05) is 12.1 Å². The van der Waals surface area contributed by atoms with Crippen molar-refractivity contribution in [2.75, 3.05) is 20.6 Å². The van der Waals surface area contributed by atoms with Crippen molar-refractivity contribution < 1.29 is 0 Å². The van der Waals surface area contributed by atoms with E-state index in [0.29, 0.717) is 6.04 Å². The van der Waals surface area contributed by atoms with E-state index in [1.165, 1.54) is 37.7 Å². The molecule has 2 nitrogen and oxygen atoms in total. The van der Waals surface area contributed by atoms with Crippen molar-refractivity contribution in [2.24, 2.45) is 0 Å².